The summed E-state index contributed by atoms with van der Waals surface area (Å²) in [5.41, 5.74) is 3.37. The Morgan fingerprint density at radius 3 is 2.64 bits per heavy atom. The second-order valence-electron chi connectivity index (χ2n) is 9.98. The summed E-state index contributed by atoms with van der Waals surface area (Å²) in [5.74, 6) is 0.911. The summed E-state index contributed by atoms with van der Waals surface area (Å²) in [7, 11) is 2.09. The molecule has 2 heterocycles. The van der Waals surface area contributed by atoms with Crippen LogP contribution in [-0.4, -0.2) is 47.8 Å². The minimum absolute atomic E-state index is 0.0373. The maximum Gasteiger partial charge on any atom is 0.251 e. The molecular formula is C23H33N3O2. The van der Waals surface area contributed by atoms with Crippen LogP contribution >= 0.6 is 0 Å². The summed E-state index contributed by atoms with van der Waals surface area (Å²) in [4.78, 5) is 30.0. The van der Waals surface area contributed by atoms with Crippen molar-refractivity contribution in [2.45, 2.75) is 59.2 Å². The van der Waals surface area contributed by atoms with Crippen LogP contribution in [0.3, 0.4) is 0 Å². The van der Waals surface area contributed by atoms with Gasteiger partial charge in [-0.2, -0.15) is 0 Å². The molecule has 4 rings (SSSR count). The van der Waals surface area contributed by atoms with Crippen molar-refractivity contribution in [3.8, 4) is 0 Å². The number of nitrogens with zero attached hydrogens (tertiary/aromatic N) is 2. The lowest BCUT2D eigenvalue weighted by Crippen LogP contribution is -2.45. The van der Waals surface area contributed by atoms with Crippen LogP contribution in [0.15, 0.2) is 18.2 Å². The standard InChI is InChI=1S/C23H33N3O2/c1-15(16-5-6-16)22(28)26-14-23(2,3)10-20(26)11-24-21(27)17-7-8-18-12-25(4)13-19(18)9-17/h7-9,15-16,20H,5-6,10-14H2,1-4H3,(H,24,27)/t15?,20-/m0/s1. The highest BCUT2D eigenvalue weighted by atomic mass is 16.2. The van der Waals surface area contributed by atoms with Crippen LogP contribution in [0.2, 0.25) is 0 Å². The van der Waals surface area contributed by atoms with Gasteiger partial charge < -0.3 is 10.2 Å². The van der Waals surface area contributed by atoms with E-state index in [1.165, 1.54) is 24.0 Å². The Morgan fingerprint density at radius 2 is 1.93 bits per heavy atom. The average molecular weight is 384 g/mol. The summed E-state index contributed by atoms with van der Waals surface area (Å²) in [6.45, 7) is 9.67. The molecule has 5 nitrogen and oxygen atoms in total. The van der Waals surface area contributed by atoms with Gasteiger partial charge in [-0.3, -0.25) is 14.5 Å². The third-order valence-corrected chi connectivity index (χ3v) is 6.68. The fourth-order valence-electron chi connectivity index (χ4n) is 4.92. The molecule has 0 radical (unpaired) electrons. The van der Waals surface area contributed by atoms with Gasteiger partial charge in [-0.25, -0.2) is 0 Å². The zero-order valence-corrected chi connectivity index (χ0v) is 17.6. The monoisotopic (exact) mass is 383 g/mol. The molecule has 1 N–H and O–H groups in total. The molecule has 1 saturated heterocycles. The Bertz CT molecular complexity index is 784. The van der Waals surface area contributed by atoms with Crippen molar-refractivity contribution >= 4 is 11.8 Å². The van der Waals surface area contributed by atoms with Gasteiger partial charge >= 0.3 is 0 Å². The molecule has 1 unspecified atom stereocenters. The van der Waals surface area contributed by atoms with Gasteiger partial charge in [0.2, 0.25) is 5.91 Å². The molecule has 2 amide bonds. The lowest BCUT2D eigenvalue weighted by molar-refractivity contribution is -0.136. The fourth-order valence-corrected chi connectivity index (χ4v) is 4.92. The second-order valence-corrected chi connectivity index (χ2v) is 9.98. The molecule has 5 heteroatoms. The second kappa shape index (κ2) is 7.18. The Labute approximate surface area is 168 Å². The maximum absolute atomic E-state index is 13.0. The minimum atomic E-state index is -0.0373. The highest BCUT2D eigenvalue weighted by Gasteiger charge is 2.43. The van der Waals surface area contributed by atoms with Crippen molar-refractivity contribution < 1.29 is 9.59 Å². The minimum Gasteiger partial charge on any atom is -0.350 e. The van der Waals surface area contributed by atoms with Crippen LogP contribution in [-0.2, 0) is 17.9 Å². The first-order valence-corrected chi connectivity index (χ1v) is 10.6. The predicted octanol–water partition coefficient (Wildman–Crippen LogP) is 3.04. The van der Waals surface area contributed by atoms with Gasteiger partial charge in [0.05, 0.1) is 0 Å². The first-order valence-electron chi connectivity index (χ1n) is 10.6. The third kappa shape index (κ3) is 3.95. The average Bonchev–Trinajstić information content (AvgIpc) is 3.35. The van der Waals surface area contributed by atoms with E-state index in [0.29, 0.717) is 12.5 Å². The maximum atomic E-state index is 13.0. The Morgan fingerprint density at radius 1 is 1.21 bits per heavy atom. The van der Waals surface area contributed by atoms with Crippen LogP contribution < -0.4 is 5.32 Å². The zero-order valence-electron chi connectivity index (χ0n) is 17.6. The van der Waals surface area contributed by atoms with Gasteiger partial charge in [-0.15, -0.1) is 0 Å². The number of carbonyl (C=O) groups excluding carboxylic acids is 2. The Hall–Kier alpha value is -1.88. The quantitative estimate of drug-likeness (QED) is 0.850. The molecule has 1 aliphatic carbocycles. The van der Waals surface area contributed by atoms with Crippen molar-refractivity contribution in [1.29, 1.82) is 0 Å². The molecule has 1 aromatic rings. The zero-order chi connectivity index (χ0) is 20.1. The number of fused-ring (bicyclic) bond motifs is 1. The molecule has 2 aliphatic heterocycles. The SMILES string of the molecule is CC(C(=O)N1CC(C)(C)C[C@H]1CNC(=O)c1ccc2c(c1)CN(C)C2)C1CC1. The van der Waals surface area contributed by atoms with Crippen molar-refractivity contribution in [2.75, 3.05) is 20.1 Å². The van der Waals surface area contributed by atoms with Gasteiger partial charge in [0, 0.05) is 43.7 Å². The molecule has 1 aromatic carbocycles. The molecule has 0 aromatic heterocycles. The number of hydrogen-bond acceptors (Lipinski definition) is 3. The van der Waals surface area contributed by atoms with Crippen molar-refractivity contribution in [3.05, 3.63) is 34.9 Å². The summed E-state index contributed by atoms with van der Waals surface area (Å²) >= 11 is 0. The Kier molecular flexibility index (Phi) is 4.98. The van der Waals surface area contributed by atoms with Crippen LogP contribution in [0.25, 0.3) is 0 Å². The van der Waals surface area contributed by atoms with E-state index < -0.39 is 0 Å². The van der Waals surface area contributed by atoms with Crippen molar-refractivity contribution in [2.24, 2.45) is 17.3 Å². The highest BCUT2D eigenvalue weighted by molar-refractivity contribution is 5.94. The first-order chi connectivity index (χ1) is 13.2. The van der Waals surface area contributed by atoms with Gasteiger partial charge in [0.1, 0.15) is 0 Å². The smallest absolute Gasteiger partial charge is 0.251 e. The Balaban J connectivity index is 1.40. The molecule has 0 spiro atoms. The molecule has 0 bridgehead atoms. The van der Waals surface area contributed by atoms with Crippen LogP contribution in [0.5, 0.6) is 0 Å². The van der Waals surface area contributed by atoms with E-state index >= 15 is 0 Å². The van der Waals surface area contributed by atoms with Gasteiger partial charge in [-0.05, 0) is 60.9 Å². The molecule has 1 saturated carbocycles. The molecule has 2 fully saturated rings. The molecule has 152 valence electrons. The molecule has 28 heavy (non-hydrogen) atoms. The number of carbonyl (C=O) groups is 2. The third-order valence-electron chi connectivity index (χ3n) is 6.68. The molecule has 2 atom stereocenters. The number of rotatable bonds is 5. The van der Waals surface area contributed by atoms with Crippen molar-refractivity contribution in [3.63, 3.8) is 0 Å². The van der Waals surface area contributed by atoms with E-state index in [4.69, 9.17) is 0 Å². The summed E-state index contributed by atoms with van der Waals surface area (Å²) in [5, 5.41) is 3.10. The van der Waals surface area contributed by atoms with Crippen molar-refractivity contribution in [1.82, 2.24) is 15.1 Å². The van der Waals surface area contributed by atoms with Crippen LogP contribution in [0.1, 0.15) is 61.5 Å². The predicted molar refractivity (Wildman–Crippen MR) is 110 cm³/mol. The summed E-state index contributed by atoms with van der Waals surface area (Å²) in [6, 6.07) is 6.10. The molecular weight excluding hydrogens is 350 g/mol. The van der Waals surface area contributed by atoms with E-state index in [1.54, 1.807) is 0 Å². The fraction of sp³-hybridized carbons (Fsp3) is 0.652. The van der Waals surface area contributed by atoms with Crippen LogP contribution in [0.4, 0.5) is 0 Å². The topological polar surface area (TPSA) is 52.7 Å². The number of likely N-dealkylation sites (tertiary alicyclic amines) is 1. The first kappa shape index (κ1) is 19.4. The number of benzene rings is 1. The largest absolute Gasteiger partial charge is 0.350 e. The summed E-state index contributed by atoms with van der Waals surface area (Å²) < 4.78 is 0. The van der Waals surface area contributed by atoms with E-state index in [2.05, 4.69) is 44.1 Å². The number of hydrogen-bond donors (Lipinski definition) is 1. The molecule has 3 aliphatic rings. The van der Waals surface area contributed by atoms with E-state index in [-0.39, 0.29) is 29.2 Å². The number of nitrogens with one attached hydrogen (secondary N) is 1. The highest BCUT2D eigenvalue weighted by Crippen LogP contribution is 2.40. The normalized spacial score (nSPS) is 24.9. The van der Waals surface area contributed by atoms with E-state index in [9.17, 15) is 9.59 Å². The van der Waals surface area contributed by atoms with E-state index in [0.717, 1.165) is 31.6 Å². The summed E-state index contributed by atoms with van der Waals surface area (Å²) in [6.07, 6.45) is 3.30. The number of amides is 2. The van der Waals surface area contributed by atoms with Gasteiger partial charge in [0.25, 0.3) is 5.91 Å². The van der Waals surface area contributed by atoms with E-state index in [1.807, 2.05) is 17.0 Å². The lowest BCUT2D eigenvalue weighted by Gasteiger charge is -2.28. The lowest BCUT2D eigenvalue weighted by atomic mass is 9.90. The van der Waals surface area contributed by atoms with Gasteiger partial charge in [0.15, 0.2) is 0 Å². The van der Waals surface area contributed by atoms with Crippen LogP contribution in [0, 0.1) is 17.3 Å². The van der Waals surface area contributed by atoms with Gasteiger partial charge in [-0.1, -0.05) is 26.8 Å².